The van der Waals surface area contributed by atoms with Crippen molar-refractivity contribution < 1.29 is 24.0 Å². The molecule has 0 bridgehead atoms. The summed E-state index contributed by atoms with van der Waals surface area (Å²) in [6.07, 6.45) is 15.1. The van der Waals surface area contributed by atoms with Crippen LogP contribution in [0.4, 0.5) is 10.7 Å². The number of nitrogens with one attached hydrogen (secondary N) is 5. The minimum Gasteiger partial charge on any atom is -0.353 e. The summed E-state index contributed by atoms with van der Waals surface area (Å²) in [7, 11) is 1.96. The van der Waals surface area contributed by atoms with Gasteiger partial charge in [-0.2, -0.15) is 5.10 Å². The van der Waals surface area contributed by atoms with Crippen molar-refractivity contribution in [2.45, 2.75) is 121 Å². The fraction of sp³-hybridized carbons (Fsp3) is 0.579. The molecule has 3 fully saturated rings. The van der Waals surface area contributed by atoms with Crippen molar-refractivity contribution in [1.82, 2.24) is 45.9 Å². The molecule has 1 saturated heterocycles. The fourth-order valence-corrected chi connectivity index (χ4v) is 8.93. The van der Waals surface area contributed by atoms with Gasteiger partial charge in [0, 0.05) is 61.2 Å². The van der Waals surface area contributed by atoms with Gasteiger partial charge < -0.3 is 26.2 Å². The Bertz CT molecular complexity index is 1920. The van der Waals surface area contributed by atoms with E-state index in [0.29, 0.717) is 59.9 Å². The number of fused-ring (bicyclic) bond motifs is 1. The molecule has 0 aromatic carbocycles. The van der Waals surface area contributed by atoms with Crippen LogP contribution in [0.15, 0.2) is 18.5 Å². The van der Waals surface area contributed by atoms with Gasteiger partial charge in [0.2, 0.25) is 23.7 Å². The topological polar surface area (TPSA) is 192 Å². The molecule has 15 nitrogen and oxygen atoms in total. The summed E-state index contributed by atoms with van der Waals surface area (Å²) in [4.78, 5) is 73.8. The maximum atomic E-state index is 12.9. The Balaban J connectivity index is 0.728. The Hall–Kier alpha value is -4.57. The first-order chi connectivity index (χ1) is 26.6. The molecule has 2 aliphatic heterocycles. The van der Waals surface area contributed by atoms with Crippen molar-refractivity contribution in [2.24, 2.45) is 13.0 Å². The number of anilines is 1. The van der Waals surface area contributed by atoms with E-state index in [2.05, 4.69) is 36.7 Å². The predicted molar refractivity (Wildman–Crippen MR) is 207 cm³/mol. The molecule has 0 spiro atoms. The van der Waals surface area contributed by atoms with Crippen LogP contribution in [0.1, 0.15) is 109 Å². The summed E-state index contributed by atoms with van der Waals surface area (Å²) in [6, 6.07) is 1.37. The maximum absolute atomic E-state index is 12.9. The van der Waals surface area contributed by atoms with Gasteiger partial charge in [-0.25, -0.2) is 14.8 Å². The quantitative estimate of drug-likeness (QED) is 0.102. The first-order valence-electron chi connectivity index (χ1n) is 19.5. The molecule has 1 unspecified atom stereocenters. The van der Waals surface area contributed by atoms with Crippen molar-refractivity contribution in [1.29, 1.82) is 0 Å². The average molecular weight is 793 g/mol. The Labute approximate surface area is 329 Å². The highest BCUT2D eigenvalue weighted by atomic mass is 35.5. The lowest BCUT2D eigenvalue weighted by Crippen LogP contribution is -2.52. The third kappa shape index (κ3) is 9.82. The van der Waals surface area contributed by atoms with Crippen LogP contribution < -0.4 is 26.6 Å². The molecule has 6 amide bonds. The van der Waals surface area contributed by atoms with Gasteiger partial charge in [-0.3, -0.25) is 29.2 Å². The Morgan fingerprint density at radius 1 is 0.982 bits per heavy atom. The van der Waals surface area contributed by atoms with E-state index in [4.69, 9.17) is 16.6 Å². The molecule has 3 aromatic heterocycles. The molecule has 5 heterocycles. The highest BCUT2D eigenvalue weighted by molar-refractivity contribution is 7.14. The number of aryl methyl sites for hydroxylation is 1. The minimum atomic E-state index is -0.634. The molecular formula is C38H49ClN10O5S. The fourth-order valence-electron chi connectivity index (χ4n) is 7.67. The summed E-state index contributed by atoms with van der Waals surface area (Å²) in [5, 5.41) is 19.7. The van der Waals surface area contributed by atoms with Gasteiger partial charge in [0.25, 0.3) is 5.91 Å². The van der Waals surface area contributed by atoms with Gasteiger partial charge in [-0.05, 0) is 81.8 Å². The standard InChI is InChI=1S/C38H49ClN10O5S/c1-48-30(16-22-7-8-22)27(19-43-48)33-28(39)20-41-37(47-33)45-25-11-9-24(10-12-25)44-31(50)6-4-2-3-5-15-40-38(54)42-18-26-17-23-21-49(36(53)34(23)55-26)29-13-14-32(51)46-35(29)52/h17,19-20,22,24-25,29H,2-16,18,21H2,1H3,(H,44,50)(H2,40,42,54)(H,41,45,47)(H,46,51,52). The highest BCUT2D eigenvalue weighted by Gasteiger charge is 2.40. The number of aromatic nitrogens is 4. The average Bonchev–Trinajstić information content (AvgIpc) is 3.68. The van der Waals surface area contributed by atoms with E-state index >= 15 is 0 Å². The van der Waals surface area contributed by atoms with Crippen molar-refractivity contribution in [2.75, 3.05) is 11.9 Å². The first kappa shape index (κ1) is 38.7. The number of amides is 6. The van der Waals surface area contributed by atoms with E-state index in [-0.39, 0.29) is 42.3 Å². The van der Waals surface area contributed by atoms with Crippen molar-refractivity contribution in [3.8, 4) is 11.3 Å². The van der Waals surface area contributed by atoms with Gasteiger partial charge in [-0.15, -0.1) is 11.3 Å². The maximum Gasteiger partial charge on any atom is 0.315 e. The molecule has 4 aliphatic rings. The monoisotopic (exact) mass is 792 g/mol. The van der Waals surface area contributed by atoms with E-state index in [1.165, 1.54) is 29.1 Å². The number of urea groups is 1. The van der Waals surface area contributed by atoms with E-state index in [0.717, 1.165) is 79.5 Å². The van der Waals surface area contributed by atoms with E-state index in [1.807, 2.05) is 24.0 Å². The molecule has 1 atom stereocenters. The predicted octanol–water partition coefficient (Wildman–Crippen LogP) is 4.59. The number of halogens is 1. The second kappa shape index (κ2) is 17.5. The summed E-state index contributed by atoms with van der Waals surface area (Å²) >= 11 is 7.87. The third-order valence-electron chi connectivity index (χ3n) is 10.9. The molecule has 5 N–H and O–H groups in total. The normalized spacial score (nSPS) is 20.9. The molecule has 2 aliphatic carbocycles. The number of carbonyl (C=O) groups excluding carboxylic acids is 5. The second-order valence-corrected chi connectivity index (χ2v) is 16.7. The zero-order valence-electron chi connectivity index (χ0n) is 31.1. The molecule has 7 rings (SSSR count). The van der Waals surface area contributed by atoms with Gasteiger partial charge in [0.05, 0.1) is 34.5 Å². The van der Waals surface area contributed by atoms with Crippen molar-refractivity contribution >= 4 is 58.5 Å². The lowest BCUT2D eigenvalue weighted by Gasteiger charge is -2.29. The number of carbonyl (C=O) groups is 5. The second-order valence-electron chi connectivity index (χ2n) is 15.2. The van der Waals surface area contributed by atoms with Gasteiger partial charge in [0.1, 0.15) is 6.04 Å². The number of piperidine rings is 1. The number of nitrogens with zero attached hydrogens (tertiary/aromatic N) is 5. The summed E-state index contributed by atoms with van der Waals surface area (Å²) in [5.41, 5.74) is 3.67. The summed E-state index contributed by atoms with van der Waals surface area (Å²) in [5.74, 6) is 0.413. The number of rotatable bonds is 16. The van der Waals surface area contributed by atoms with Crippen molar-refractivity contribution in [3.05, 3.63) is 44.5 Å². The lowest BCUT2D eigenvalue weighted by molar-refractivity contribution is -0.137. The first-order valence-corrected chi connectivity index (χ1v) is 20.7. The number of hydrogen-bond acceptors (Lipinski definition) is 10. The van der Waals surface area contributed by atoms with E-state index < -0.39 is 11.9 Å². The smallest absolute Gasteiger partial charge is 0.315 e. The SMILES string of the molecule is Cn1ncc(-c2nc(NC3CCC(NC(=O)CCCCCCNC(=O)NCc4cc5c(s4)C(=O)N(C4CCC(=O)NC4=O)C5)CC3)ncc2Cl)c1CC1CC1. The van der Waals surface area contributed by atoms with Crippen LogP contribution in [-0.4, -0.2) is 79.0 Å². The zero-order valence-corrected chi connectivity index (χ0v) is 32.7. The largest absolute Gasteiger partial charge is 0.353 e. The lowest BCUT2D eigenvalue weighted by atomic mass is 9.91. The number of imide groups is 1. The molecule has 294 valence electrons. The number of thiophene rings is 1. The molecule has 2 saturated carbocycles. The van der Waals surface area contributed by atoms with E-state index in [9.17, 15) is 24.0 Å². The molecule has 3 aromatic rings. The summed E-state index contributed by atoms with van der Waals surface area (Å²) in [6.45, 7) is 1.15. The van der Waals surface area contributed by atoms with E-state index in [1.54, 1.807) is 6.20 Å². The molecule has 0 radical (unpaired) electrons. The Kier molecular flexibility index (Phi) is 12.3. The molecule has 17 heteroatoms. The van der Waals surface area contributed by atoms with Crippen LogP contribution in [0.5, 0.6) is 0 Å². The molecule has 55 heavy (non-hydrogen) atoms. The highest BCUT2D eigenvalue weighted by Crippen LogP contribution is 2.37. The third-order valence-corrected chi connectivity index (χ3v) is 12.4. The van der Waals surface area contributed by atoms with Crippen LogP contribution in [0.2, 0.25) is 5.02 Å². The van der Waals surface area contributed by atoms with Gasteiger partial charge >= 0.3 is 6.03 Å². The van der Waals surface area contributed by atoms with Crippen LogP contribution in [0.3, 0.4) is 0 Å². The Morgan fingerprint density at radius 2 is 1.76 bits per heavy atom. The van der Waals surface area contributed by atoms with Gasteiger partial charge in [0.15, 0.2) is 0 Å². The van der Waals surface area contributed by atoms with Crippen molar-refractivity contribution in [3.63, 3.8) is 0 Å². The minimum absolute atomic E-state index is 0.0861. The van der Waals surface area contributed by atoms with Gasteiger partial charge in [-0.1, -0.05) is 24.4 Å². The Morgan fingerprint density at radius 3 is 2.53 bits per heavy atom. The van der Waals surface area contributed by atoms with Crippen LogP contribution in [-0.2, 0) is 40.9 Å². The number of unbranched alkanes of at least 4 members (excludes halogenated alkanes) is 3. The molecular weight excluding hydrogens is 744 g/mol. The summed E-state index contributed by atoms with van der Waals surface area (Å²) < 4.78 is 1.92. The van der Waals surface area contributed by atoms with Crippen LogP contribution >= 0.6 is 22.9 Å². The number of hydrogen-bond donors (Lipinski definition) is 5. The van der Waals surface area contributed by atoms with Crippen LogP contribution in [0, 0.1) is 5.92 Å². The van der Waals surface area contributed by atoms with Crippen LogP contribution in [0.25, 0.3) is 11.3 Å². The zero-order chi connectivity index (χ0) is 38.5.